The molecule has 3 N–H and O–H groups in total. The van der Waals surface area contributed by atoms with Crippen LogP contribution in [0.25, 0.3) is 0 Å². The molecule has 0 bridgehead atoms. The van der Waals surface area contributed by atoms with E-state index in [0.717, 1.165) is 6.54 Å². The number of ether oxygens (including phenoxy) is 1. The van der Waals surface area contributed by atoms with Crippen LogP contribution in [0.2, 0.25) is 0 Å². The van der Waals surface area contributed by atoms with Gasteiger partial charge in [0, 0.05) is 33.8 Å². The number of hydrogen-bond donors (Lipinski definition) is 2. The van der Waals surface area contributed by atoms with Gasteiger partial charge in [0.2, 0.25) is 0 Å². The molecule has 0 spiro atoms. The van der Waals surface area contributed by atoms with E-state index in [9.17, 15) is 4.79 Å². The average molecular weight is 189 g/mol. The van der Waals surface area contributed by atoms with Crippen molar-refractivity contribution in [2.75, 3.05) is 40.8 Å². The summed E-state index contributed by atoms with van der Waals surface area (Å²) in [6.07, 6.45) is -0.512. The third-order valence-corrected chi connectivity index (χ3v) is 1.85. The minimum Gasteiger partial charge on any atom is -0.370 e. The normalized spacial score (nSPS) is 12.6. The fraction of sp³-hybridized carbons (Fsp3) is 0.875. The number of nitrogens with zero attached hydrogens (tertiary/aromatic N) is 1. The predicted molar refractivity (Wildman–Crippen MR) is 51.4 cm³/mol. The minimum absolute atomic E-state index is 0.0692. The van der Waals surface area contributed by atoms with Crippen LogP contribution in [-0.2, 0) is 9.53 Å². The van der Waals surface area contributed by atoms with Crippen molar-refractivity contribution in [3.05, 3.63) is 0 Å². The summed E-state index contributed by atoms with van der Waals surface area (Å²) in [6, 6.07) is 0. The van der Waals surface area contributed by atoms with Gasteiger partial charge in [0.1, 0.15) is 6.10 Å². The summed E-state index contributed by atoms with van der Waals surface area (Å²) in [5, 5.41) is 2.96. The fourth-order valence-corrected chi connectivity index (χ4v) is 0.933. The average Bonchev–Trinajstić information content (AvgIpc) is 2.15. The van der Waals surface area contributed by atoms with Gasteiger partial charge in [-0.3, -0.25) is 4.79 Å². The van der Waals surface area contributed by atoms with Crippen molar-refractivity contribution in [1.82, 2.24) is 10.2 Å². The maximum absolute atomic E-state index is 11.5. The molecule has 0 aliphatic rings. The number of nitrogens with two attached hydrogens (primary N) is 1. The number of methoxy groups -OCH3 is 1. The summed E-state index contributed by atoms with van der Waals surface area (Å²) in [7, 11) is 5.07. The number of carbonyl (C=O) groups is 1. The van der Waals surface area contributed by atoms with E-state index < -0.39 is 6.10 Å². The maximum atomic E-state index is 11.5. The SMILES string of the molecule is CNCCN(C)C(=O)C(CN)OC. The number of hydrogen-bond acceptors (Lipinski definition) is 4. The maximum Gasteiger partial charge on any atom is 0.252 e. The molecule has 0 radical (unpaired) electrons. The zero-order chi connectivity index (χ0) is 10.3. The summed E-state index contributed by atoms with van der Waals surface area (Å²) in [5.74, 6) is -0.0692. The molecule has 13 heavy (non-hydrogen) atoms. The third kappa shape index (κ3) is 4.21. The van der Waals surface area contributed by atoms with Gasteiger partial charge in [-0.25, -0.2) is 0 Å². The van der Waals surface area contributed by atoms with Crippen molar-refractivity contribution in [2.45, 2.75) is 6.10 Å². The first-order chi connectivity index (χ1) is 6.17. The highest BCUT2D eigenvalue weighted by Crippen LogP contribution is 1.94. The fourth-order valence-electron chi connectivity index (χ4n) is 0.933. The van der Waals surface area contributed by atoms with E-state index in [2.05, 4.69) is 5.32 Å². The third-order valence-electron chi connectivity index (χ3n) is 1.85. The van der Waals surface area contributed by atoms with Crippen molar-refractivity contribution >= 4 is 5.91 Å². The largest absolute Gasteiger partial charge is 0.370 e. The molecule has 0 aliphatic carbocycles. The molecule has 0 saturated heterocycles. The predicted octanol–water partition coefficient (Wildman–Crippen LogP) is -1.36. The van der Waals surface area contributed by atoms with Crippen molar-refractivity contribution in [3.8, 4) is 0 Å². The van der Waals surface area contributed by atoms with Crippen molar-refractivity contribution in [1.29, 1.82) is 0 Å². The van der Waals surface area contributed by atoms with Crippen LogP contribution in [0.3, 0.4) is 0 Å². The van der Waals surface area contributed by atoms with Gasteiger partial charge in [-0.2, -0.15) is 0 Å². The van der Waals surface area contributed by atoms with Crippen LogP contribution in [-0.4, -0.2) is 57.8 Å². The zero-order valence-electron chi connectivity index (χ0n) is 8.54. The number of amides is 1. The van der Waals surface area contributed by atoms with Gasteiger partial charge in [-0.15, -0.1) is 0 Å². The van der Waals surface area contributed by atoms with E-state index in [-0.39, 0.29) is 12.5 Å². The van der Waals surface area contributed by atoms with Crippen LogP contribution in [0.15, 0.2) is 0 Å². The lowest BCUT2D eigenvalue weighted by Crippen LogP contribution is -2.43. The Kier molecular flexibility index (Phi) is 6.48. The second-order valence-electron chi connectivity index (χ2n) is 2.82. The van der Waals surface area contributed by atoms with Crippen LogP contribution < -0.4 is 11.1 Å². The molecule has 0 rings (SSSR count). The molecule has 0 aromatic rings. The second-order valence-corrected chi connectivity index (χ2v) is 2.82. The monoisotopic (exact) mass is 189 g/mol. The van der Waals surface area contributed by atoms with E-state index in [4.69, 9.17) is 10.5 Å². The molecule has 5 nitrogen and oxygen atoms in total. The summed E-state index contributed by atoms with van der Waals surface area (Å²) in [4.78, 5) is 13.1. The number of likely N-dealkylation sites (N-methyl/N-ethyl adjacent to an activating group) is 2. The van der Waals surface area contributed by atoms with Gasteiger partial charge in [0.15, 0.2) is 0 Å². The molecule has 0 aliphatic heterocycles. The Bertz CT molecular complexity index is 148. The van der Waals surface area contributed by atoms with Gasteiger partial charge in [-0.1, -0.05) is 0 Å². The molecular weight excluding hydrogens is 170 g/mol. The lowest BCUT2D eigenvalue weighted by Gasteiger charge is -2.21. The number of rotatable bonds is 6. The topological polar surface area (TPSA) is 67.6 Å². The summed E-state index contributed by atoms with van der Waals surface area (Å²) >= 11 is 0. The first-order valence-electron chi connectivity index (χ1n) is 4.29. The molecule has 1 unspecified atom stereocenters. The highest BCUT2D eigenvalue weighted by atomic mass is 16.5. The zero-order valence-corrected chi connectivity index (χ0v) is 8.54. The van der Waals surface area contributed by atoms with Gasteiger partial charge in [-0.05, 0) is 7.05 Å². The molecular formula is C8H19N3O2. The van der Waals surface area contributed by atoms with Crippen LogP contribution in [0.5, 0.6) is 0 Å². The molecule has 1 atom stereocenters. The Morgan fingerprint density at radius 2 is 2.31 bits per heavy atom. The minimum atomic E-state index is -0.512. The van der Waals surface area contributed by atoms with Crippen molar-refractivity contribution in [3.63, 3.8) is 0 Å². The summed E-state index contributed by atoms with van der Waals surface area (Å²) in [5.41, 5.74) is 5.36. The highest BCUT2D eigenvalue weighted by Gasteiger charge is 2.19. The Balaban J connectivity index is 3.92. The van der Waals surface area contributed by atoms with Crippen molar-refractivity contribution in [2.24, 2.45) is 5.73 Å². The molecule has 1 amide bonds. The molecule has 0 heterocycles. The quantitative estimate of drug-likeness (QED) is 0.541. The van der Waals surface area contributed by atoms with Crippen LogP contribution in [0, 0.1) is 0 Å². The van der Waals surface area contributed by atoms with Gasteiger partial charge >= 0.3 is 0 Å². The van der Waals surface area contributed by atoms with Crippen LogP contribution >= 0.6 is 0 Å². The van der Waals surface area contributed by atoms with E-state index in [0.29, 0.717) is 6.54 Å². The smallest absolute Gasteiger partial charge is 0.252 e. The van der Waals surface area contributed by atoms with E-state index in [1.807, 2.05) is 7.05 Å². The molecule has 0 aromatic carbocycles. The Morgan fingerprint density at radius 3 is 2.69 bits per heavy atom. The van der Waals surface area contributed by atoms with Crippen molar-refractivity contribution < 1.29 is 9.53 Å². The standard InChI is InChI=1S/C8H19N3O2/c1-10-4-5-11(2)8(12)7(6-9)13-3/h7,10H,4-6,9H2,1-3H3. The Morgan fingerprint density at radius 1 is 1.69 bits per heavy atom. The molecule has 0 aromatic heterocycles. The number of nitrogens with one attached hydrogen (secondary N) is 1. The molecule has 0 saturated carbocycles. The first kappa shape index (κ1) is 12.3. The lowest BCUT2D eigenvalue weighted by atomic mass is 10.3. The molecule has 5 heteroatoms. The Labute approximate surface area is 79.2 Å². The summed E-state index contributed by atoms with van der Waals surface area (Å²) in [6.45, 7) is 1.65. The highest BCUT2D eigenvalue weighted by molar-refractivity contribution is 5.80. The lowest BCUT2D eigenvalue weighted by molar-refractivity contribution is -0.139. The molecule has 78 valence electrons. The number of carbonyl (C=O) groups excluding carboxylic acids is 1. The van der Waals surface area contributed by atoms with Crippen LogP contribution in [0.4, 0.5) is 0 Å². The van der Waals surface area contributed by atoms with Gasteiger partial charge in [0.05, 0.1) is 0 Å². The molecule has 0 fully saturated rings. The first-order valence-corrected chi connectivity index (χ1v) is 4.29. The van der Waals surface area contributed by atoms with E-state index >= 15 is 0 Å². The van der Waals surface area contributed by atoms with Gasteiger partial charge < -0.3 is 20.7 Å². The van der Waals surface area contributed by atoms with Gasteiger partial charge in [0.25, 0.3) is 5.91 Å². The second kappa shape index (κ2) is 6.82. The van der Waals surface area contributed by atoms with Crippen LogP contribution in [0.1, 0.15) is 0 Å². The Hall–Kier alpha value is -0.650. The summed E-state index contributed by atoms with van der Waals surface area (Å²) < 4.78 is 4.93. The van der Waals surface area contributed by atoms with E-state index in [1.165, 1.54) is 7.11 Å². The van der Waals surface area contributed by atoms with E-state index in [1.54, 1.807) is 11.9 Å².